The van der Waals surface area contributed by atoms with Gasteiger partial charge in [-0.15, -0.1) is 69.6 Å². The zero-order valence-electron chi connectivity index (χ0n) is 14.1. The van der Waals surface area contributed by atoms with Gasteiger partial charge in [0, 0.05) is 12.4 Å². The number of rotatable bonds is 1. The molecule has 0 saturated heterocycles. The number of carbonyl (C=O) groups excluding carboxylic acids is 1. The first-order valence-corrected chi connectivity index (χ1v) is 10.6. The van der Waals surface area contributed by atoms with Gasteiger partial charge < -0.3 is 10.1 Å². The van der Waals surface area contributed by atoms with E-state index in [1.807, 2.05) is 36.4 Å². The molecule has 3 nitrogen and oxygen atoms in total. The van der Waals surface area contributed by atoms with Crippen LogP contribution in [0.15, 0.2) is 42.5 Å². The van der Waals surface area contributed by atoms with Gasteiger partial charge in [-0.1, -0.05) is 36.4 Å². The SMILES string of the molecule is CNC(=O)Oc1cccc2ccccc12.Cl[C@H]1[C@H](Cl)[C@@H](Cl)[C@@H](Cl)[C@H](Cl)[C@H]1Cl. The van der Waals surface area contributed by atoms with Crippen molar-refractivity contribution in [2.45, 2.75) is 32.3 Å². The van der Waals surface area contributed by atoms with Gasteiger partial charge >= 0.3 is 6.09 Å². The van der Waals surface area contributed by atoms with Crippen LogP contribution in [0.4, 0.5) is 4.79 Å². The van der Waals surface area contributed by atoms with Crippen LogP contribution in [0.1, 0.15) is 0 Å². The van der Waals surface area contributed by atoms with E-state index in [1.54, 1.807) is 6.07 Å². The summed E-state index contributed by atoms with van der Waals surface area (Å²) in [7, 11) is 1.54. The standard InChI is InChI=1S/C12H11NO2.C6H6Cl6/c1-13-12(14)15-11-8-4-6-9-5-2-3-7-10(9)11;7-1-2(8)4(10)6(12)5(11)3(1)9/h2-8H,1H3,(H,13,14);1-6H/t;1-,2-,3-,4+,5+,6+. The molecule has 0 atom stereocenters. The van der Waals surface area contributed by atoms with Crippen molar-refractivity contribution in [3.63, 3.8) is 0 Å². The minimum atomic E-state index is -0.452. The van der Waals surface area contributed by atoms with Crippen LogP contribution < -0.4 is 10.1 Å². The number of benzene rings is 2. The molecule has 0 heterocycles. The monoisotopic (exact) mass is 489 g/mol. The quantitative estimate of drug-likeness (QED) is 0.482. The van der Waals surface area contributed by atoms with E-state index in [0.29, 0.717) is 5.75 Å². The summed E-state index contributed by atoms with van der Waals surface area (Å²) in [4.78, 5) is 11.1. The average Bonchev–Trinajstić information content (AvgIpc) is 2.70. The van der Waals surface area contributed by atoms with Crippen molar-refractivity contribution in [1.82, 2.24) is 5.32 Å². The second-order valence-corrected chi connectivity index (χ2v) is 8.81. The van der Waals surface area contributed by atoms with E-state index in [4.69, 9.17) is 74.3 Å². The predicted octanol–water partition coefficient (Wildman–Crippen LogP) is 6.20. The summed E-state index contributed by atoms with van der Waals surface area (Å²) >= 11 is 35.3. The first-order valence-electron chi connectivity index (χ1n) is 7.99. The minimum Gasteiger partial charge on any atom is -0.410 e. The predicted molar refractivity (Wildman–Crippen MR) is 117 cm³/mol. The van der Waals surface area contributed by atoms with Gasteiger partial charge in [-0.25, -0.2) is 4.79 Å². The summed E-state index contributed by atoms with van der Waals surface area (Å²) < 4.78 is 5.13. The maximum atomic E-state index is 11.1. The Morgan fingerprint density at radius 2 is 1.22 bits per heavy atom. The molecule has 148 valence electrons. The van der Waals surface area contributed by atoms with Crippen molar-refractivity contribution in [2.75, 3.05) is 7.05 Å². The van der Waals surface area contributed by atoms with E-state index in [0.717, 1.165) is 10.8 Å². The number of halogens is 6. The van der Waals surface area contributed by atoms with Crippen molar-refractivity contribution < 1.29 is 9.53 Å². The minimum absolute atomic E-state index is 0.437. The summed E-state index contributed by atoms with van der Waals surface area (Å²) in [6, 6.07) is 13.4. The van der Waals surface area contributed by atoms with Gasteiger partial charge in [0.1, 0.15) is 5.75 Å². The third-order valence-corrected chi connectivity index (χ3v) is 8.01. The highest BCUT2D eigenvalue weighted by Crippen LogP contribution is 2.39. The molecule has 0 radical (unpaired) electrons. The fourth-order valence-corrected chi connectivity index (χ4v) is 4.82. The summed E-state index contributed by atoms with van der Waals surface area (Å²) in [5.41, 5.74) is 0. The summed E-state index contributed by atoms with van der Waals surface area (Å²) in [5, 5.41) is 1.79. The van der Waals surface area contributed by atoms with Crippen LogP contribution in [0.2, 0.25) is 0 Å². The van der Waals surface area contributed by atoms with Gasteiger partial charge in [-0.2, -0.15) is 0 Å². The molecule has 1 aliphatic carbocycles. The number of hydrogen-bond donors (Lipinski definition) is 1. The third kappa shape index (κ3) is 5.62. The van der Waals surface area contributed by atoms with E-state index >= 15 is 0 Å². The molecule has 0 bridgehead atoms. The van der Waals surface area contributed by atoms with Crippen LogP contribution in [0, 0.1) is 0 Å². The highest BCUT2D eigenvalue weighted by Gasteiger charge is 2.46. The molecule has 0 spiro atoms. The lowest BCUT2D eigenvalue weighted by Gasteiger charge is -2.37. The van der Waals surface area contributed by atoms with Crippen molar-refractivity contribution >= 4 is 86.5 Å². The Morgan fingerprint density at radius 3 is 1.70 bits per heavy atom. The second kappa shape index (κ2) is 10.5. The lowest BCUT2D eigenvalue weighted by Crippen LogP contribution is -2.52. The smallest absolute Gasteiger partial charge is 0.410 e. The molecule has 1 saturated carbocycles. The number of alkyl halides is 6. The van der Waals surface area contributed by atoms with Crippen LogP contribution in [-0.2, 0) is 0 Å². The fourth-order valence-electron chi connectivity index (χ4n) is 2.49. The summed E-state index contributed by atoms with van der Waals surface area (Å²) in [6.07, 6.45) is -0.452. The molecule has 1 N–H and O–H groups in total. The maximum Gasteiger partial charge on any atom is 0.412 e. The molecule has 3 rings (SSSR count). The Bertz CT molecular complexity index is 713. The molecule has 9 heteroatoms. The van der Waals surface area contributed by atoms with Crippen molar-refractivity contribution in [3.8, 4) is 5.75 Å². The number of fused-ring (bicyclic) bond motifs is 1. The van der Waals surface area contributed by atoms with Crippen molar-refractivity contribution in [2.24, 2.45) is 0 Å². The van der Waals surface area contributed by atoms with Gasteiger partial charge in [0.25, 0.3) is 0 Å². The molecular formula is C18H17Cl6NO2. The van der Waals surface area contributed by atoms with Gasteiger partial charge in [0.15, 0.2) is 0 Å². The number of carbonyl (C=O) groups is 1. The number of nitrogens with one attached hydrogen (secondary N) is 1. The second-order valence-electron chi connectivity index (χ2n) is 5.78. The molecule has 2 aromatic rings. The van der Waals surface area contributed by atoms with Crippen LogP contribution in [-0.4, -0.2) is 45.4 Å². The van der Waals surface area contributed by atoms with Crippen molar-refractivity contribution in [1.29, 1.82) is 0 Å². The molecule has 27 heavy (non-hydrogen) atoms. The zero-order chi connectivity index (χ0) is 20.1. The van der Waals surface area contributed by atoms with Crippen LogP contribution >= 0.6 is 69.6 Å². The number of hydrogen-bond acceptors (Lipinski definition) is 2. The molecule has 0 aliphatic heterocycles. The topological polar surface area (TPSA) is 38.3 Å². The van der Waals surface area contributed by atoms with Crippen LogP contribution in [0.25, 0.3) is 10.8 Å². The average molecular weight is 492 g/mol. The molecule has 1 aliphatic rings. The Hall–Kier alpha value is -0.290. The largest absolute Gasteiger partial charge is 0.412 e. The zero-order valence-corrected chi connectivity index (χ0v) is 18.6. The highest BCUT2D eigenvalue weighted by atomic mass is 35.5. The van der Waals surface area contributed by atoms with Crippen molar-refractivity contribution in [3.05, 3.63) is 42.5 Å². The Morgan fingerprint density at radius 1 is 0.778 bits per heavy atom. The van der Waals surface area contributed by atoms with Crippen LogP contribution in [0.3, 0.4) is 0 Å². The molecule has 1 fully saturated rings. The Balaban J connectivity index is 0.000000199. The molecule has 0 unspecified atom stereocenters. The number of amides is 1. The van der Waals surface area contributed by atoms with Gasteiger partial charge in [-0.3, -0.25) is 0 Å². The van der Waals surface area contributed by atoms with E-state index in [-0.39, 0.29) is 0 Å². The normalized spacial score (nSPS) is 30.2. The summed E-state index contributed by atoms with van der Waals surface area (Å²) in [5.74, 6) is 0.576. The first kappa shape index (κ1) is 23.0. The van der Waals surface area contributed by atoms with E-state index < -0.39 is 38.4 Å². The summed E-state index contributed by atoms with van der Waals surface area (Å²) in [6.45, 7) is 0. The first-order chi connectivity index (χ1) is 12.8. The van der Waals surface area contributed by atoms with E-state index in [9.17, 15) is 4.79 Å². The highest BCUT2D eigenvalue weighted by molar-refractivity contribution is 6.45. The Labute approximate surface area is 188 Å². The third-order valence-electron chi connectivity index (χ3n) is 3.98. The van der Waals surface area contributed by atoms with Gasteiger partial charge in [-0.05, 0) is 11.5 Å². The van der Waals surface area contributed by atoms with E-state index in [2.05, 4.69) is 5.32 Å². The van der Waals surface area contributed by atoms with E-state index in [1.165, 1.54) is 7.05 Å². The maximum absolute atomic E-state index is 11.1. The molecule has 0 aromatic heterocycles. The lowest BCUT2D eigenvalue weighted by atomic mass is 9.97. The molecular weight excluding hydrogens is 475 g/mol. The molecule has 2 aromatic carbocycles. The molecule has 1 amide bonds. The number of ether oxygens (including phenoxy) is 1. The lowest BCUT2D eigenvalue weighted by molar-refractivity contribution is 0.203. The van der Waals surface area contributed by atoms with Gasteiger partial charge in [0.05, 0.1) is 32.3 Å². The Kier molecular flexibility index (Phi) is 8.92. The fraction of sp³-hybridized carbons (Fsp3) is 0.389. The van der Waals surface area contributed by atoms with Gasteiger partial charge in [0.2, 0.25) is 0 Å². The van der Waals surface area contributed by atoms with Crippen LogP contribution in [0.5, 0.6) is 5.75 Å².